The van der Waals surface area contributed by atoms with Crippen LogP contribution in [0.15, 0.2) is 92.2 Å². The highest BCUT2D eigenvalue weighted by molar-refractivity contribution is 5.19. The molecule has 4 aromatic heterocycles. The van der Waals surface area contributed by atoms with Gasteiger partial charge in [0, 0.05) is 54.5 Å². The van der Waals surface area contributed by atoms with E-state index in [2.05, 4.69) is 132 Å². The molecule has 4 rings (SSSR count). The van der Waals surface area contributed by atoms with Crippen molar-refractivity contribution in [3.8, 4) is 0 Å². The van der Waals surface area contributed by atoms with Crippen LogP contribution in [0.4, 0.5) is 0 Å². The zero-order valence-electron chi connectivity index (χ0n) is 26.9. The van der Waals surface area contributed by atoms with Crippen molar-refractivity contribution in [2.45, 2.75) is 105 Å². The van der Waals surface area contributed by atoms with E-state index in [0.29, 0.717) is 0 Å². The van der Waals surface area contributed by atoms with E-state index in [1.165, 1.54) is 16.7 Å². The van der Waals surface area contributed by atoms with Crippen LogP contribution in [0.2, 0.25) is 0 Å². The van der Waals surface area contributed by atoms with Crippen molar-refractivity contribution in [2.75, 3.05) is 0 Å². The van der Waals surface area contributed by atoms with Gasteiger partial charge in [-0.25, -0.2) is 9.97 Å². The van der Waals surface area contributed by atoms with Gasteiger partial charge in [0.05, 0.1) is 0 Å². The molecule has 40 heavy (non-hydrogen) atoms. The summed E-state index contributed by atoms with van der Waals surface area (Å²) in [5, 5.41) is 0. The molecule has 0 aliphatic rings. The Morgan fingerprint density at radius 3 is 1.23 bits per heavy atom. The fourth-order valence-corrected chi connectivity index (χ4v) is 3.15. The van der Waals surface area contributed by atoms with Gasteiger partial charge >= 0.3 is 0 Å². The lowest BCUT2D eigenvalue weighted by Crippen LogP contribution is -2.12. The number of pyridine rings is 3. The van der Waals surface area contributed by atoms with Crippen LogP contribution < -0.4 is 0 Å². The summed E-state index contributed by atoms with van der Waals surface area (Å²) in [4.78, 5) is 20.1. The molecule has 0 saturated heterocycles. The van der Waals surface area contributed by atoms with Crippen molar-refractivity contribution in [2.24, 2.45) is 0 Å². The molecule has 0 fully saturated rings. The maximum atomic E-state index is 4.25. The van der Waals surface area contributed by atoms with Gasteiger partial charge in [-0.2, -0.15) is 0 Å². The third-order valence-electron chi connectivity index (χ3n) is 5.93. The van der Waals surface area contributed by atoms with E-state index in [1.54, 1.807) is 12.5 Å². The second-order valence-electron chi connectivity index (χ2n) is 13.8. The molecule has 0 bridgehead atoms. The fourth-order valence-electron chi connectivity index (χ4n) is 3.15. The summed E-state index contributed by atoms with van der Waals surface area (Å²) in [6.07, 6.45) is 14.5. The maximum absolute atomic E-state index is 4.25. The summed E-state index contributed by atoms with van der Waals surface area (Å²) in [5.41, 5.74) is 5.78. The average molecular weight is 542 g/mol. The van der Waals surface area contributed by atoms with Crippen LogP contribution in [0.1, 0.15) is 105 Å². The Hall–Kier alpha value is -3.47. The quantitative estimate of drug-likeness (QED) is 0.222. The summed E-state index contributed by atoms with van der Waals surface area (Å²) in [7, 11) is 0. The smallest absolute Gasteiger partial charge is 0.115 e. The van der Waals surface area contributed by atoms with Crippen molar-refractivity contribution < 1.29 is 0 Å². The van der Waals surface area contributed by atoms with Crippen LogP contribution in [0.25, 0.3) is 0 Å². The van der Waals surface area contributed by atoms with Gasteiger partial charge in [0.25, 0.3) is 0 Å². The zero-order chi connectivity index (χ0) is 30.5. The van der Waals surface area contributed by atoms with Crippen LogP contribution in [0, 0.1) is 0 Å². The van der Waals surface area contributed by atoms with Crippen molar-refractivity contribution in [3.05, 3.63) is 115 Å². The Morgan fingerprint density at radius 1 is 0.400 bits per heavy atom. The number of hydrogen-bond donors (Lipinski definition) is 0. The van der Waals surface area contributed by atoms with Crippen LogP contribution in [0.3, 0.4) is 0 Å². The second kappa shape index (κ2) is 15.4. The molecule has 0 N–H and O–H groups in total. The molecule has 0 aromatic carbocycles. The molecule has 4 heterocycles. The molecule has 0 aliphatic carbocycles. The normalized spacial score (nSPS) is 11.5. The van der Waals surface area contributed by atoms with Crippen LogP contribution in [-0.2, 0) is 21.7 Å². The monoisotopic (exact) mass is 541 g/mol. The zero-order valence-corrected chi connectivity index (χ0v) is 26.9. The van der Waals surface area contributed by atoms with E-state index in [4.69, 9.17) is 0 Å². The number of nitrogens with zero attached hydrogens (tertiary/aromatic N) is 5. The summed E-state index contributed by atoms with van der Waals surface area (Å²) in [6.45, 7) is 26.1. The number of aromatic nitrogens is 5. The van der Waals surface area contributed by atoms with Gasteiger partial charge in [-0.1, -0.05) is 95.2 Å². The first-order valence-electron chi connectivity index (χ1n) is 13.9. The maximum Gasteiger partial charge on any atom is 0.115 e. The van der Waals surface area contributed by atoms with Gasteiger partial charge < -0.3 is 0 Å². The summed E-state index contributed by atoms with van der Waals surface area (Å²) in [5.74, 6) is 0. The molecule has 216 valence electrons. The Balaban J connectivity index is 0.000000267. The van der Waals surface area contributed by atoms with Gasteiger partial charge in [0.15, 0.2) is 0 Å². The highest BCUT2D eigenvalue weighted by Crippen LogP contribution is 2.21. The van der Waals surface area contributed by atoms with Gasteiger partial charge in [-0.05, 0) is 63.3 Å². The molecule has 0 radical (unpaired) electrons. The molecule has 0 spiro atoms. The van der Waals surface area contributed by atoms with E-state index in [9.17, 15) is 0 Å². The lowest BCUT2D eigenvalue weighted by atomic mass is 9.88. The Morgan fingerprint density at radius 2 is 0.925 bits per heavy atom. The highest BCUT2D eigenvalue weighted by Gasteiger charge is 2.14. The summed E-state index contributed by atoms with van der Waals surface area (Å²) in [6, 6.07) is 14.2. The predicted octanol–water partition coefficient (Wildman–Crippen LogP) is 8.91. The van der Waals surface area contributed by atoms with Crippen molar-refractivity contribution >= 4 is 0 Å². The Bertz CT molecular complexity index is 984. The van der Waals surface area contributed by atoms with Crippen LogP contribution >= 0.6 is 0 Å². The van der Waals surface area contributed by atoms with Crippen molar-refractivity contribution in [1.29, 1.82) is 0 Å². The van der Waals surface area contributed by atoms with Crippen molar-refractivity contribution in [1.82, 2.24) is 24.9 Å². The van der Waals surface area contributed by atoms with E-state index >= 15 is 0 Å². The van der Waals surface area contributed by atoms with E-state index in [1.807, 2.05) is 55.4 Å². The topological polar surface area (TPSA) is 64.5 Å². The molecule has 0 unspecified atom stereocenters. The van der Waals surface area contributed by atoms with Crippen LogP contribution in [0.5, 0.6) is 0 Å². The van der Waals surface area contributed by atoms with E-state index in [-0.39, 0.29) is 21.7 Å². The van der Waals surface area contributed by atoms with Gasteiger partial charge in [-0.3, -0.25) is 15.0 Å². The molecule has 5 nitrogen and oxygen atoms in total. The Kier molecular flexibility index (Phi) is 13.3. The molecule has 0 atom stereocenters. The first kappa shape index (κ1) is 34.6. The molecule has 0 aliphatic heterocycles. The van der Waals surface area contributed by atoms with E-state index in [0.717, 1.165) is 5.69 Å². The Labute approximate surface area is 244 Å². The summed E-state index contributed by atoms with van der Waals surface area (Å²) >= 11 is 0. The number of rotatable bonds is 0. The molecule has 4 aromatic rings. The third kappa shape index (κ3) is 14.1. The van der Waals surface area contributed by atoms with Gasteiger partial charge in [0.2, 0.25) is 0 Å². The second-order valence-corrected chi connectivity index (χ2v) is 13.8. The minimum Gasteiger partial charge on any atom is -0.265 e. The SMILES string of the molecule is CC(C)(C)c1ccccn1.CC(C)(C)c1cccnc1.CC(C)(C)c1ccncc1.CC(C)(C)c1cncnc1. The molecular formula is C35H51N5. The standard InChI is InChI=1S/3C9H13N.C8H12N2/c1-9(2,3)8-4-6-10-7-5-8;1-9(2,3)8-5-4-6-10-7-8;1-9(2,3)8-6-4-5-7-10-8;1-8(2,3)7-4-9-6-10-5-7/h3*4-7H,1-3H3;4-6H,1-3H3. The third-order valence-corrected chi connectivity index (χ3v) is 5.93. The fraction of sp³-hybridized carbons (Fsp3) is 0.457. The largest absolute Gasteiger partial charge is 0.265 e. The molecular weight excluding hydrogens is 490 g/mol. The molecule has 0 amide bonds. The lowest BCUT2D eigenvalue weighted by molar-refractivity contribution is 0.569. The predicted molar refractivity (Wildman–Crippen MR) is 170 cm³/mol. The minimum atomic E-state index is 0.168. The highest BCUT2D eigenvalue weighted by atomic mass is 14.8. The molecule has 0 saturated carbocycles. The van der Waals surface area contributed by atoms with E-state index < -0.39 is 0 Å². The average Bonchev–Trinajstić information content (AvgIpc) is 2.90. The van der Waals surface area contributed by atoms with Crippen molar-refractivity contribution in [3.63, 3.8) is 0 Å². The lowest BCUT2D eigenvalue weighted by Gasteiger charge is -2.17. The summed E-state index contributed by atoms with van der Waals surface area (Å²) < 4.78 is 0. The van der Waals surface area contributed by atoms with Gasteiger partial charge in [0.1, 0.15) is 6.33 Å². The first-order chi connectivity index (χ1) is 18.4. The number of hydrogen-bond acceptors (Lipinski definition) is 5. The van der Waals surface area contributed by atoms with Gasteiger partial charge in [-0.15, -0.1) is 0 Å². The van der Waals surface area contributed by atoms with Crippen LogP contribution in [-0.4, -0.2) is 24.9 Å². The minimum absolute atomic E-state index is 0.168. The molecule has 5 heteroatoms. The first-order valence-corrected chi connectivity index (χ1v) is 13.9.